The van der Waals surface area contributed by atoms with Crippen LogP contribution in [0.15, 0.2) is 12.3 Å². The molecular formula is C11H21N3O. The molecule has 0 saturated carbocycles. The SMILES string of the molecule is CCOCC(C)NCc1ccnn1CC. The Morgan fingerprint density at radius 1 is 1.53 bits per heavy atom. The van der Waals surface area contributed by atoms with Crippen LogP contribution in [0, 0.1) is 0 Å². The van der Waals surface area contributed by atoms with Gasteiger partial charge < -0.3 is 10.1 Å². The second-order valence-corrected chi connectivity index (χ2v) is 3.58. The smallest absolute Gasteiger partial charge is 0.0616 e. The molecule has 0 spiro atoms. The van der Waals surface area contributed by atoms with Gasteiger partial charge in [-0.3, -0.25) is 4.68 Å². The van der Waals surface area contributed by atoms with Crippen LogP contribution in [0.2, 0.25) is 0 Å². The molecule has 0 amide bonds. The monoisotopic (exact) mass is 211 g/mol. The molecule has 1 aromatic rings. The molecule has 0 radical (unpaired) electrons. The average Bonchev–Trinajstić information content (AvgIpc) is 2.70. The summed E-state index contributed by atoms with van der Waals surface area (Å²) in [4.78, 5) is 0. The summed E-state index contributed by atoms with van der Waals surface area (Å²) in [7, 11) is 0. The number of nitrogens with zero attached hydrogens (tertiary/aromatic N) is 2. The summed E-state index contributed by atoms with van der Waals surface area (Å²) in [5, 5.41) is 7.63. The van der Waals surface area contributed by atoms with Crippen LogP contribution in [0.5, 0.6) is 0 Å². The molecule has 0 aromatic carbocycles. The molecule has 0 bridgehead atoms. The standard InChI is InChI=1S/C11H21N3O/c1-4-14-11(6-7-13-14)8-12-10(3)9-15-5-2/h6-7,10,12H,4-5,8-9H2,1-3H3. The van der Waals surface area contributed by atoms with E-state index in [1.165, 1.54) is 5.69 Å². The fourth-order valence-corrected chi connectivity index (χ4v) is 1.43. The topological polar surface area (TPSA) is 39.1 Å². The zero-order chi connectivity index (χ0) is 11.1. The van der Waals surface area contributed by atoms with Crippen molar-refractivity contribution in [2.24, 2.45) is 0 Å². The first-order valence-corrected chi connectivity index (χ1v) is 5.59. The second kappa shape index (κ2) is 6.58. The van der Waals surface area contributed by atoms with E-state index in [1.807, 2.05) is 23.9 Å². The molecule has 0 aliphatic heterocycles. The minimum absolute atomic E-state index is 0.380. The normalized spacial score (nSPS) is 13.0. The molecule has 0 aliphatic rings. The molecule has 1 unspecified atom stereocenters. The van der Waals surface area contributed by atoms with Crippen molar-refractivity contribution in [2.75, 3.05) is 13.2 Å². The maximum absolute atomic E-state index is 5.34. The highest BCUT2D eigenvalue weighted by Gasteiger charge is 2.04. The molecule has 0 aliphatic carbocycles. The summed E-state index contributed by atoms with van der Waals surface area (Å²) in [6, 6.07) is 2.43. The van der Waals surface area contributed by atoms with E-state index in [0.717, 1.165) is 26.3 Å². The van der Waals surface area contributed by atoms with Crippen LogP contribution in [-0.4, -0.2) is 29.0 Å². The van der Waals surface area contributed by atoms with E-state index in [2.05, 4.69) is 24.3 Å². The molecule has 4 nitrogen and oxygen atoms in total. The van der Waals surface area contributed by atoms with Crippen molar-refractivity contribution in [1.82, 2.24) is 15.1 Å². The second-order valence-electron chi connectivity index (χ2n) is 3.58. The summed E-state index contributed by atoms with van der Waals surface area (Å²) in [6.45, 7) is 9.54. The van der Waals surface area contributed by atoms with Gasteiger partial charge in [-0.2, -0.15) is 5.10 Å². The highest BCUT2D eigenvalue weighted by atomic mass is 16.5. The van der Waals surface area contributed by atoms with E-state index in [4.69, 9.17) is 4.74 Å². The van der Waals surface area contributed by atoms with Crippen molar-refractivity contribution in [3.05, 3.63) is 18.0 Å². The number of hydrogen-bond acceptors (Lipinski definition) is 3. The van der Waals surface area contributed by atoms with Gasteiger partial charge in [0.15, 0.2) is 0 Å². The van der Waals surface area contributed by atoms with E-state index < -0.39 is 0 Å². The van der Waals surface area contributed by atoms with Crippen molar-refractivity contribution in [3.8, 4) is 0 Å². The highest BCUT2D eigenvalue weighted by molar-refractivity contribution is 5.00. The van der Waals surface area contributed by atoms with Crippen LogP contribution in [0.3, 0.4) is 0 Å². The first-order valence-electron chi connectivity index (χ1n) is 5.59. The Balaban J connectivity index is 2.30. The zero-order valence-electron chi connectivity index (χ0n) is 9.86. The van der Waals surface area contributed by atoms with Gasteiger partial charge in [-0.15, -0.1) is 0 Å². The van der Waals surface area contributed by atoms with Gasteiger partial charge in [0, 0.05) is 31.9 Å². The van der Waals surface area contributed by atoms with Crippen molar-refractivity contribution >= 4 is 0 Å². The molecular weight excluding hydrogens is 190 g/mol. The largest absolute Gasteiger partial charge is 0.380 e. The lowest BCUT2D eigenvalue weighted by Crippen LogP contribution is -2.30. The van der Waals surface area contributed by atoms with Gasteiger partial charge in [0.05, 0.1) is 12.3 Å². The third-order valence-electron chi connectivity index (χ3n) is 2.31. The van der Waals surface area contributed by atoms with Crippen molar-refractivity contribution in [1.29, 1.82) is 0 Å². The number of rotatable bonds is 7. The summed E-state index contributed by atoms with van der Waals surface area (Å²) in [5.74, 6) is 0. The third-order valence-corrected chi connectivity index (χ3v) is 2.31. The van der Waals surface area contributed by atoms with Gasteiger partial charge in [0.1, 0.15) is 0 Å². The molecule has 1 heterocycles. The highest BCUT2D eigenvalue weighted by Crippen LogP contribution is 1.98. The summed E-state index contributed by atoms with van der Waals surface area (Å²) < 4.78 is 7.34. The third kappa shape index (κ3) is 4.01. The Bertz CT molecular complexity index is 273. The fourth-order valence-electron chi connectivity index (χ4n) is 1.43. The van der Waals surface area contributed by atoms with Crippen LogP contribution in [0.4, 0.5) is 0 Å². The molecule has 1 rings (SSSR count). The van der Waals surface area contributed by atoms with Gasteiger partial charge in [0.2, 0.25) is 0 Å². The lowest BCUT2D eigenvalue weighted by molar-refractivity contribution is 0.126. The van der Waals surface area contributed by atoms with Gasteiger partial charge in [-0.1, -0.05) is 0 Å². The van der Waals surface area contributed by atoms with Crippen molar-refractivity contribution in [3.63, 3.8) is 0 Å². The molecule has 4 heteroatoms. The maximum Gasteiger partial charge on any atom is 0.0616 e. The van der Waals surface area contributed by atoms with Gasteiger partial charge in [-0.05, 0) is 26.8 Å². The van der Waals surface area contributed by atoms with Crippen LogP contribution >= 0.6 is 0 Å². The van der Waals surface area contributed by atoms with E-state index in [0.29, 0.717) is 6.04 Å². The Labute approximate surface area is 91.6 Å². The Morgan fingerprint density at radius 2 is 2.33 bits per heavy atom. The van der Waals surface area contributed by atoms with E-state index in [1.54, 1.807) is 0 Å². The number of aromatic nitrogens is 2. The molecule has 15 heavy (non-hydrogen) atoms. The number of ether oxygens (including phenoxy) is 1. The first-order chi connectivity index (χ1) is 7.27. The fraction of sp³-hybridized carbons (Fsp3) is 0.727. The maximum atomic E-state index is 5.34. The predicted molar refractivity (Wildman–Crippen MR) is 60.7 cm³/mol. The zero-order valence-corrected chi connectivity index (χ0v) is 9.86. The average molecular weight is 211 g/mol. The van der Waals surface area contributed by atoms with Crippen LogP contribution < -0.4 is 5.32 Å². The molecule has 0 fully saturated rings. The van der Waals surface area contributed by atoms with E-state index in [-0.39, 0.29) is 0 Å². The number of hydrogen-bond donors (Lipinski definition) is 1. The minimum Gasteiger partial charge on any atom is -0.380 e. The number of nitrogens with one attached hydrogen (secondary N) is 1. The van der Waals surface area contributed by atoms with E-state index in [9.17, 15) is 0 Å². The molecule has 0 saturated heterocycles. The lowest BCUT2D eigenvalue weighted by Gasteiger charge is -2.13. The van der Waals surface area contributed by atoms with Crippen molar-refractivity contribution in [2.45, 2.75) is 39.9 Å². The van der Waals surface area contributed by atoms with Gasteiger partial charge in [-0.25, -0.2) is 0 Å². The van der Waals surface area contributed by atoms with Gasteiger partial charge in [0.25, 0.3) is 0 Å². The van der Waals surface area contributed by atoms with Crippen LogP contribution in [0.1, 0.15) is 26.5 Å². The summed E-state index contributed by atoms with van der Waals surface area (Å²) >= 11 is 0. The molecule has 1 atom stereocenters. The van der Waals surface area contributed by atoms with Gasteiger partial charge >= 0.3 is 0 Å². The Morgan fingerprint density at radius 3 is 3.00 bits per heavy atom. The minimum atomic E-state index is 0.380. The predicted octanol–water partition coefficient (Wildman–Crippen LogP) is 1.42. The summed E-state index contributed by atoms with van der Waals surface area (Å²) in [6.07, 6.45) is 1.84. The molecule has 1 N–H and O–H groups in total. The Hall–Kier alpha value is -0.870. The quantitative estimate of drug-likeness (QED) is 0.741. The van der Waals surface area contributed by atoms with Crippen LogP contribution in [-0.2, 0) is 17.8 Å². The van der Waals surface area contributed by atoms with E-state index >= 15 is 0 Å². The first kappa shape index (κ1) is 12.2. The Kier molecular flexibility index (Phi) is 5.36. The van der Waals surface area contributed by atoms with Crippen molar-refractivity contribution < 1.29 is 4.74 Å². The molecule has 86 valence electrons. The summed E-state index contributed by atoms with van der Waals surface area (Å²) in [5.41, 5.74) is 1.22. The molecule has 1 aromatic heterocycles. The lowest BCUT2D eigenvalue weighted by atomic mass is 10.3. The van der Waals surface area contributed by atoms with Crippen LogP contribution in [0.25, 0.3) is 0 Å². The number of aryl methyl sites for hydroxylation is 1.